The van der Waals surface area contributed by atoms with Gasteiger partial charge >= 0.3 is 5.97 Å². The smallest absolute Gasteiger partial charge is 0.342 e. The molecule has 2 unspecified atom stereocenters. The summed E-state index contributed by atoms with van der Waals surface area (Å²) in [6.07, 6.45) is -2.68. The van der Waals surface area contributed by atoms with Crippen LogP contribution in [0, 0.1) is 0 Å². The molecule has 3 N–H and O–H groups in total. The van der Waals surface area contributed by atoms with E-state index in [-0.39, 0.29) is 11.7 Å². The molecule has 2 aliphatic rings. The third kappa shape index (κ3) is 1.01. The van der Waals surface area contributed by atoms with E-state index in [0.29, 0.717) is 0 Å². The molecule has 0 spiro atoms. The van der Waals surface area contributed by atoms with E-state index in [1.807, 2.05) is 0 Å². The summed E-state index contributed by atoms with van der Waals surface area (Å²) in [6, 6.07) is 0. The van der Waals surface area contributed by atoms with Gasteiger partial charge in [-0.15, -0.1) is 0 Å². The number of rotatable bonds is 0. The lowest BCUT2D eigenvalue weighted by atomic mass is 10.1. The van der Waals surface area contributed by atoms with Crippen LogP contribution >= 0.6 is 0 Å². The molecule has 0 aromatic heterocycles. The zero-order valence-electron chi connectivity index (χ0n) is 6.30. The summed E-state index contributed by atoms with van der Waals surface area (Å²) in [4.78, 5) is 28.7. The average molecular weight is 183 g/mol. The van der Waals surface area contributed by atoms with Crippen molar-refractivity contribution in [2.75, 3.05) is 0 Å². The minimum absolute atomic E-state index is 0.0810. The highest BCUT2D eigenvalue weighted by Crippen LogP contribution is 2.16. The molecule has 1 amide bonds. The number of esters is 1. The number of ether oxygens (including phenoxy) is 1. The fourth-order valence-corrected chi connectivity index (χ4v) is 1.13. The van der Waals surface area contributed by atoms with Crippen molar-refractivity contribution >= 4 is 23.5 Å². The van der Waals surface area contributed by atoms with Crippen LogP contribution in [-0.2, 0) is 14.3 Å². The lowest BCUT2D eigenvalue weighted by Gasteiger charge is -2.09. The van der Waals surface area contributed by atoms with Gasteiger partial charge in [-0.05, 0) is 0 Å². The Morgan fingerprint density at radius 3 is 2.77 bits per heavy atom. The van der Waals surface area contributed by atoms with Gasteiger partial charge < -0.3 is 15.6 Å². The number of carbonyl (C=O) groups excluding carboxylic acids is 2. The number of guanidine groups is 1. The van der Waals surface area contributed by atoms with Crippen LogP contribution in [0.2, 0.25) is 0 Å². The van der Waals surface area contributed by atoms with Crippen molar-refractivity contribution in [2.24, 2.45) is 15.7 Å². The third-order valence-corrected chi connectivity index (χ3v) is 1.70. The molecule has 0 radical (unpaired) electrons. The van der Waals surface area contributed by atoms with Crippen LogP contribution in [0.4, 0.5) is 0 Å². The molecule has 7 nitrogen and oxygen atoms in total. The number of aliphatic imine (C=N–C) groups is 2. The molecule has 0 aliphatic carbocycles. The van der Waals surface area contributed by atoms with E-state index in [9.17, 15) is 9.59 Å². The van der Waals surface area contributed by atoms with Crippen molar-refractivity contribution in [2.45, 2.75) is 12.2 Å². The summed E-state index contributed by atoms with van der Waals surface area (Å²) >= 11 is 0. The Bertz CT molecular complexity index is 359. The van der Waals surface area contributed by atoms with Gasteiger partial charge in [-0.25, -0.2) is 9.79 Å². The molecule has 0 aromatic carbocycles. The molecule has 0 saturated carbocycles. The van der Waals surface area contributed by atoms with E-state index in [1.54, 1.807) is 0 Å². The number of amides is 1. The highest BCUT2D eigenvalue weighted by molar-refractivity contribution is 6.26. The fourth-order valence-electron chi connectivity index (χ4n) is 1.13. The lowest BCUT2D eigenvalue weighted by molar-refractivity contribution is -0.150. The van der Waals surface area contributed by atoms with Gasteiger partial charge in [0.1, 0.15) is 5.71 Å². The highest BCUT2D eigenvalue weighted by Gasteiger charge is 2.46. The van der Waals surface area contributed by atoms with E-state index in [2.05, 4.69) is 14.7 Å². The minimum Gasteiger partial charge on any atom is -0.444 e. The predicted molar refractivity (Wildman–Crippen MR) is 40.0 cm³/mol. The first-order valence-electron chi connectivity index (χ1n) is 3.44. The normalized spacial score (nSPS) is 32.1. The zero-order chi connectivity index (χ0) is 9.59. The largest absolute Gasteiger partial charge is 0.444 e. The maximum atomic E-state index is 11.0. The van der Waals surface area contributed by atoms with Crippen LogP contribution in [-0.4, -0.2) is 40.9 Å². The van der Waals surface area contributed by atoms with E-state index in [4.69, 9.17) is 10.8 Å². The molecule has 68 valence electrons. The average Bonchev–Trinajstić information content (AvgIpc) is 2.32. The molecule has 2 atom stereocenters. The first-order chi connectivity index (χ1) is 6.09. The van der Waals surface area contributed by atoms with E-state index < -0.39 is 24.1 Å². The number of aliphatic hydroxyl groups is 1. The Labute approximate surface area is 71.9 Å². The van der Waals surface area contributed by atoms with Crippen molar-refractivity contribution in [3.05, 3.63) is 0 Å². The maximum Gasteiger partial charge on any atom is 0.342 e. The molecule has 0 bridgehead atoms. The third-order valence-electron chi connectivity index (χ3n) is 1.70. The van der Waals surface area contributed by atoms with E-state index in [1.165, 1.54) is 0 Å². The number of nitrogens with two attached hydrogens (primary N) is 1. The van der Waals surface area contributed by atoms with Crippen LogP contribution in [0.5, 0.6) is 0 Å². The molecule has 1 fully saturated rings. The fraction of sp³-hybridized carbons (Fsp3) is 0.333. The van der Waals surface area contributed by atoms with Gasteiger partial charge in [-0.2, -0.15) is 4.99 Å². The molecular weight excluding hydrogens is 178 g/mol. The van der Waals surface area contributed by atoms with Crippen molar-refractivity contribution in [3.8, 4) is 0 Å². The summed E-state index contributed by atoms with van der Waals surface area (Å²) in [5.74, 6) is -1.89. The van der Waals surface area contributed by atoms with Crippen LogP contribution in [0.15, 0.2) is 9.98 Å². The molecule has 2 heterocycles. The number of fused-ring (bicyclic) bond motifs is 1. The first kappa shape index (κ1) is 7.87. The molecule has 0 aromatic rings. The number of hydrogen-bond acceptors (Lipinski definition) is 6. The van der Waals surface area contributed by atoms with Crippen molar-refractivity contribution in [1.29, 1.82) is 0 Å². The van der Waals surface area contributed by atoms with Gasteiger partial charge in [-0.3, -0.25) is 4.79 Å². The number of hydrogen-bond donors (Lipinski definition) is 2. The van der Waals surface area contributed by atoms with E-state index in [0.717, 1.165) is 0 Å². The van der Waals surface area contributed by atoms with Crippen LogP contribution in [0.3, 0.4) is 0 Å². The zero-order valence-corrected chi connectivity index (χ0v) is 6.30. The Hall–Kier alpha value is -1.76. The molecular formula is C6H5N3O4. The number of nitrogens with zero attached hydrogens (tertiary/aromatic N) is 2. The number of carbonyl (C=O) groups is 2. The summed E-state index contributed by atoms with van der Waals surface area (Å²) in [7, 11) is 0. The lowest BCUT2D eigenvalue weighted by Crippen LogP contribution is -2.36. The number of aliphatic hydroxyl groups excluding tert-OH is 1. The topological polar surface area (TPSA) is 114 Å². The standard InChI is InChI=1S/C6H5N3O4/c7-6-8-1-2(10)5(12)13-3(1)4(11)9-6/h2-3,10H,(H2,7,9,11). The van der Waals surface area contributed by atoms with Crippen molar-refractivity contribution in [1.82, 2.24) is 0 Å². The van der Waals surface area contributed by atoms with Gasteiger partial charge in [0.05, 0.1) is 0 Å². The second-order valence-corrected chi connectivity index (χ2v) is 2.56. The monoisotopic (exact) mass is 183 g/mol. The molecule has 13 heavy (non-hydrogen) atoms. The van der Waals surface area contributed by atoms with Crippen LogP contribution in [0.25, 0.3) is 0 Å². The summed E-state index contributed by atoms with van der Waals surface area (Å²) in [5.41, 5.74) is 5.07. The molecule has 2 rings (SSSR count). The van der Waals surface area contributed by atoms with Crippen LogP contribution < -0.4 is 5.73 Å². The first-order valence-corrected chi connectivity index (χ1v) is 3.44. The van der Waals surface area contributed by atoms with E-state index >= 15 is 0 Å². The van der Waals surface area contributed by atoms with Crippen LogP contribution in [0.1, 0.15) is 0 Å². The predicted octanol–water partition coefficient (Wildman–Crippen LogP) is -2.43. The summed E-state index contributed by atoms with van der Waals surface area (Å²) in [5, 5.41) is 9.16. The molecule has 7 heteroatoms. The Morgan fingerprint density at radius 2 is 2.08 bits per heavy atom. The van der Waals surface area contributed by atoms with Gasteiger partial charge in [-0.1, -0.05) is 0 Å². The highest BCUT2D eigenvalue weighted by atomic mass is 16.6. The van der Waals surface area contributed by atoms with Crippen molar-refractivity contribution < 1.29 is 19.4 Å². The summed E-state index contributed by atoms with van der Waals surface area (Å²) < 4.78 is 4.51. The second-order valence-electron chi connectivity index (χ2n) is 2.56. The minimum atomic E-state index is -1.50. The van der Waals surface area contributed by atoms with Gasteiger partial charge in [0.15, 0.2) is 6.10 Å². The molecule has 2 aliphatic heterocycles. The van der Waals surface area contributed by atoms with Crippen molar-refractivity contribution in [3.63, 3.8) is 0 Å². The summed E-state index contributed by atoms with van der Waals surface area (Å²) in [6.45, 7) is 0. The SMILES string of the molecule is NC1=NC(=O)C2OC(=O)C(O)C2=N1. The Morgan fingerprint density at radius 1 is 1.38 bits per heavy atom. The maximum absolute atomic E-state index is 11.0. The quantitative estimate of drug-likeness (QED) is 0.405. The van der Waals surface area contributed by atoms with Gasteiger partial charge in [0, 0.05) is 0 Å². The van der Waals surface area contributed by atoms with Gasteiger partial charge in [0.25, 0.3) is 5.91 Å². The second kappa shape index (κ2) is 2.36. The Kier molecular flexibility index (Phi) is 1.43. The van der Waals surface area contributed by atoms with Gasteiger partial charge in [0.2, 0.25) is 12.1 Å². The Balaban J connectivity index is 2.44. The molecule has 1 saturated heterocycles.